The van der Waals surface area contributed by atoms with Crippen LogP contribution >= 0.6 is 26.8 Å². The maximum absolute atomic E-state index is 13.4. The molecule has 5 heterocycles. The third-order valence-corrected chi connectivity index (χ3v) is 15.8. The van der Waals surface area contributed by atoms with Crippen LogP contribution in [0.25, 0.3) is 11.2 Å². The van der Waals surface area contributed by atoms with Crippen molar-refractivity contribution < 1.29 is 77.4 Å². The third-order valence-electron chi connectivity index (χ3n) is 12.2. The van der Waals surface area contributed by atoms with Crippen molar-refractivity contribution in [2.45, 2.75) is 62.4 Å². The van der Waals surface area contributed by atoms with Gasteiger partial charge in [-0.3, -0.25) is 23.3 Å². The summed E-state index contributed by atoms with van der Waals surface area (Å²) in [7, 11) is -9.67. The number of esters is 1. The number of carbonyl (C=O) groups excluding carboxylic acids is 3. The highest BCUT2D eigenvalue weighted by atomic mass is 35.5. The number of phenolic OH excluding ortho intramolecular Hbond substituents is 2. The Morgan fingerprint density at radius 2 is 1.42 bits per heavy atom. The number of aromatic hydroxyl groups is 2. The van der Waals surface area contributed by atoms with Crippen LogP contribution < -0.4 is 20.7 Å². The largest absolute Gasteiger partial charge is 0.508 e. The van der Waals surface area contributed by atoms with Crippen LogP contribution in [0.1, 0.15) is 85.2 Å². The molecule has 3 aliphatic heterocycles. The van der Waals surface area contributed by atoms with Gasteiger partial charge in [-0.2, -0.15) is 9.97 Å². The number of halogens is 1. The van der Waals surface area contributed by atoms with Gasteiger partial charge in [-0.1, -0.05) is 25.0 Å². The van der Waals surface area contributed by atoms with Gasteiger partial charge in [0.15, 0.2) is 34.7 Å². The molecule has 4 aromatic carbocycles. The standard InChI is InChI=1S/C46H46ClN7O16P2/c47-45-52-39(36-40(53-45)54(22-51-36)43-38(58)37(57)35(69-43)21-67-72(65,66)23-71(62,63)64)50-20-24-5-7-25(8-6-24)41(59)48-15-3-1-2-4-16-49-42(60)26-9-12-29-32(17-26)46(70-44(29)61)30-13-10-27(55)18-33(30)68-34-19-28(56)11-14-31(34)46/h5-14,17-19,22,35,37-38,43,55-58H,1-4,15-16,20-21,23H2,(H,48,59)(H,49,60)(H,65,66)(H,50,52,53)(H2,62,63,64)/t35-,37-,38-,43-/m1/s1. The lowest BCUT2D eigenvalue weighted by atomic mass is 9.77. The molecule has 9 rings (SSSR count). The lowest BCUT2D eigenvalue weighted by molar-refractivity contribution is -0.0483. The minimum atomic E-state index is -4.90. The van der Waals surface area contributed by atoms with Gasteiger partial charge in [0.2, 0.25) is 5.28 Å². The van der Waals surface area contributed by atoms with Gasteiger partial charge < -0.3 is 69.8 Å². The summed E-state index contributed by atoms with van der Waals surface area (Å²) in [6.45, 7) is 0.260. The van der Waals surface area contributed by atoms with Crippen LogP contribution in [0.4, 0.5) is 5.82 Å². The van der Waals surface area contributed by atoms with Crippen LogP contribution in [-0.4, -0.2) is 116 Å². The summed E-state index contributed by atoms with van der Waals surface area (Å²) in [4.78, 5) is 80.2. The number of hydrogen-bond acceptors (Lipinski definition) is 17. The average molecular weight is 1050 g/mol. The number of nitrogens with one attached hydrogen (secondary N) is 3. The molecule has 10 N–H and O–H groups in total. The van der Waals surface area contributed by atoms with Crippen LogP contribution in [0, 0.1) is 0 Å². The molecule has 1 spiro atoms. The number of fused-ring (bicyclic) bond motifs is 7. The maximum atomic E-state index is 13.4. The van der Waals surface area contributed by atoms with Crippen LogP contribution in [0.2, 0.25) is 5.28 Å². The van der Waals surface area contributed by atoms with Crippen molar-refractivity contribution in [3.8, 4) is 23.0 Å². The van der Waals surface area contributed by atoms with Gasteiger partial charge in [-0.15, -0.1) is 0 Å². The number of aliphatic hydroxyl groups excluding tert-OH is 2. The summed E-state index contributed by atoms with van der Waals surface area (Å²) < 4.78 is 47.1. The molecule has 0 aliphatic carbocycles. The molecule has 2 amide bonds. The molecule has 3 aliphatic rings. The molecule has 1 unspecified atom stereocenters. The normalized spacial score (nSPS) is 19.4. The van der Waals surface area contributed by atoms with Crippen molar-refractivity contribution >= 4 is 61.6 Å². The number of benzene rings is 4. The van der Waals surface area contributed by atoms with E-state index in [9.17, 15) is 48.8 Å². The van der Waals surface area contributed by atoms with Gasteiger partial charge in [-0.05, 0) is 84.6 Å². The zero-order valence-electron chi connectivity index (χ0n) is 37.6. The summed E-state index contributed by atoms with van der Waals surface area (Å²) >= 11 is 6.24. The number of imidazole rings is 1. The fourth-order valence-electron chi connectivity index (χ4n) is 8.77. The highest BCUT2D eigenvalue weighted by molar-refractivity contribution is 7.70. The first-order valence-electron chi connectivity index (χ1n) is 22.3. The number of aromatic nitrogens is 4. The third kappa shape index (κ3) is 10.4. The van der Waals surface area contributed by atoms with Crippen molar-refractivity contribution in [3.63, 3.8) is 0 Å². The summed E-state index contributed by atoms with van der Waals surface area (Å²) in [5, 5.41) is 50.6. The Labute approximate surface area is 413 Å². The quantitative estimate of drug-likeness (QED) is 0.0240. The molecule has 2 aromatic heterocycles. The number of phenols is 2. The molecule has 0 saturated carbocycles. The fraction of sp³-hybridized carbons (Fsp3) is 0.304. The van der Waals surface area contributed by atoms with Crippen molar-refractivity contribution in [1.82, 2.24) is 30.2 Å². The predicted octanol–water partition coefficient (Wildman–Crippen LogP) is 4.75. The van der Waals surface area contributed by atoms with Crippen molar-refractivity contribution in [2.24, 2.45) is 0 Å². The predicted molar refractivity (Wildman–Crippen MR) is 254 cm³/mol. The van der Waals surface area contributed by atoms with E-state index in [4.69, 9.17) is 40.1 Å². The minimum Gasteiger partial charge on any atom is -0.508 e. The number of ether oxygens (including phenoxy) is 3. The minimum absolute atomic E-state index is 0.0724. The molecule has 72 heavy (non-hydrogen) atoms. The molecule has 26 heteroatoms. The second-order valence-corrected chi connectivity index (χ2v) is 21.6. The first kappa shape index (κ1) is 50.5. The molecule has 0 radical (unpaired) electrons. The average Bonchev–Trinajstić information content (AvgIpc) is 3.97. The van der Waals surface area contributed by atoms with Gasteiger partial charge in [0, 0.05) is 59.6 Å². The molecular formula is C46H46ClN7O16P2. The summed E-state index contributed by atoms with van der Waals surface area (Å²) in [5.41, 5.74) is 1.92. The zero-order chi connectivity index (χ0) is 51.1. The molecular weight excluding hydrogens is 1000 g/mol. The lowest BCUT2D eigenvalue weighted by Crippen LogP contribution is -2.33. The van der Waals surface area contributed by atoms with Crippen LogP contribution in [0.3, 0.4) is 0 Å². The highest BCUT2D eigenvalue weighted by Crippen LogP contribution is 2.58. The molecule has 1 fully saturated rings. The Hall–Kier alpha value is -6.49. The van der Waals surface area contributed by atoms with E-state index in [1.54, 1.807) is 54.6 Å². The van der Waals surface area contributed by atoms with E-state index >= 15 is 0 Å². The Kier molecular flexibility index (Phi) is 14.2. The molecule has 6 aromatic rings. The molecule has 0 bridgehead atoms. The topological polar surface area (TPSA) is 344 Å². The second-order valence-electron chi connectivity index (χ2n) is 17.2. The van der Waals surface area contributed by atoms with Crippen molar-refractivity contribution in [2.75, 3.05) is 30.9 Å². The SMILES string of the molecule is O=C(NCCCCCCNC(=O)c1ccc2c(c1)C1(OC2=O)c2ccc(O)cc2Oc2cc(O)ccc21)c1ccc(CNc2nc(Cl)nc3c2ncn3[C@@H]2O[C@H](COP(=O)(O)CP(=O)(O)O)[C@@H](O)[C@H]2O)cc1. The summed E-state index contributed by atoms with van der Waals surface area (Å²) in [5.74, 6) is -2.12. The number of rotatable bonds is 18. The maximum Gasteiger partial charge on any atom is 0.340 e. The number of aliphatic hydroxyl groups is 2. The van der Waals surface area contributed by atoms with Gasteiger partial charge >= 0.3 is 21.2 Å². The second kappa shape index (κ2) is 20.2. The van der Waals surface area contributed by atoms with Crippen LogP contribution in [0.15, 0.2) is 85.2 Å². The Morgan fingerprint density at radius 1 is 0.792 bits per heavy atom. The van der Waals surface area contributed by atoms with Gasteiger partial charge in [0.25, 0.3) is 11.8 Å². The molecule has 5 atom stereocenters. The van der Waals surface area contributed by atoms with E-state index in [0.29, 0.717) is 53.7 Å². The number of unbranched alkanes of at least 4 members (excludes halogenated alkanes) is 3. The van der Waals surface area contributed by atoms with Gasteiger partial charge in [0.1, 0.15) is 41.3 Å². The Bertz CT molecular complexity index is 3140. The van der Waals surface area contributed by atoms with E-state index in [2.05, 4.69) is 30.9 Å². The Balaban J connectivity index is 0.723. The van der Waals surface area contributed by atoms with Crippen LogP contribution in [0.5, 0.6) is 23.0 Å². The number of amides is 2. The summed E-state index contributed by atoms with van der Waals surface area (Å²) in [6, 6.07) is 20.5. The first-order chi connectivity index (χ1) is 34.3. The van der Waals surface area contributed by atoms with E-state index in [1.807, 2.05) is 0 Å². The van der Waals surface area contributed by atoms with E-state index in [0.717, 1.165) is 18.4 Å². The number of anilines is 1. The lowest BCUT2D eigenvalue weighted by Gasteiger charge is -2.36. The van der Waals surface area contributed by atoms with E-state index in [1.165, 1.54) is 35.2 Å². The molecule has 1 saturated heterocycles. The highest BCUT2D eigenvalue weighted by Gasteiger charge is 2.54. The number of carbonyl (C=O) groups is 3. The molecule has 378 valence electrons. The van der Waals surface area contributed by atoms with E-state index < -0.39 is 63.8 Å². The van der Waals surface area contributed by atoms with Crippen molar-refractivity contribution in [3.05, 3.63) is 129 Å². The smallest absolute Gasteiger partial charge is 0.340 e. The van der Waals surface area contributed by atoms with Gasteiger partial charge in [0.05, 0.1) is 18.5 Å². The van der Waals surface area contributed by atoms with Gasteiger partial charge in [-0.25, -0.2) is 9.78 Å². The number of hydrogen-bond donors (Lipinski definition) is 10. The Morgan fingerprint density at radius 3 is 2.06 bits per heavy atom. The monoisotopic (exact) mass is 1050 g/mol. The number of nitrogens with zero attached hydrogens (tertiary/aromatic N) is 4. The first-order valence-corrected chi connectivity index (χ1v) is 26.3. The van der Waals surface area contributed by atoms with Crippen LogP contribution in [-0.2, 0) is 35.3 Å². The summed E-state index contributed by atoms with van der Waals surface area (Å²) in [6.07, 6.45) is -1.73. The zero-order valence-corrected chi connectivity index (χ0v) is 40.2. The van der Waals surface area contributed by atoms with E-state index in [-0.39, 0.29) is 69.2 Å². The molecule has 23 nitrogen and oxygen atoms in total. The fourth-order valence-corrected chi connectivity index (χ4v) is 11.5. The van der Waals surface area contributed by atoms with Crippen molar-refractivity contribution in [1.29, 1.82) is 0 Å².